The molecular formula is C18H46O4SiTi. The molecule has 150 valence electrons. The maximum absolute atomic E-state index is 10.2. The first-order chi connectivity index (χ1) is 10.4. The number of rotatable bonds is 6. The van der Waals surface area contributed by atoms with E-state index in [9.17, 15) is 4.80 Å². The van der Waals surface area contributed by atoms with E-state index in [0.29, 0.717) is 0 Å². The van der Waals surface area contributed by atoms with Crippen LogP contribution in [-0.2, 0) is 21.7 Å². The second kappa shape index (κ2) is 26.0. The largest absolute Gasteiger partial charge is 0.432 e. The number of aliphatic hydroxyl groups is 3. The van der Waals surface area contributed by atoms with Crippen molar-refractivity contribution in [1.82, 2.24) is 0 Å². The van der Waals surface area contributed by atoms with Crippen LogP contribution in [0.3, 0.4) is 0 Å². The standard InChI is InChI=1S/C9H22OSi.3C3H8O.Ti/c1-4-7-11(10,8-5-2)9-6-3;3*1-3(2)4;/h10H,4-9H2,1-3H3;3*3-4H,1-2H3;. The van der Waals surface area contributed by atoms with Crippen LogP contribution in [0, 0.1) is 0 Å². The molecule has 0 atom stereocenters. The summed E-state index contributed by atoms with van der Waals surface area (Å²) in [7, 11) is -1.75. The van der Waals surface area contributed by atoms with Gasteiger partial charge in [0.15, 0.2) is 8.32 Å². The van der Waals surface area contributed by atoms with Gasteiger partial charge in [-0.1, -0.05) is 40.0 Å². The Bertz CT molecular complexity index is 164. The van der Waals surface area contributed by atoms with Crippen molar-refractivity contribution in [3.05, 3.63) is 0 Å². The van der Waals surface area contributed by atoms with Gasteiger partial charge in [-0.15, -0.1) is 0 Å². The minimum atomic E-state index is -1.75. The molecule has 0 spiro atoms. The molecule has 0 bridgehead atoms. The molecule has 24 heavy (non-hydrogen) atoms. The predicted octanol–water partition coefficient (Wildman–Crippen LogP) is 4.31. The van der Waals surface area contributed by atoms with Gasteiger partial charge in [-0.2, -0.15) is 0 Å². The smallest absolute Gasteiger partial charge is 0.188 e. The quantitative estimate of drug-likeness (QED) is 0.499. The summed E-state index contributed by atoms with van der Waals surface area (Å²) in [6.45, 7) is 16.8. The van der Waals surface area contributed by atoms with E-state index in [4.69, 9.17) is 15.3 Å². The van der Waals surface area contributed by atoms with Crippen LogP contribution < -0.4 is 0 Å². The van der Waals surface area contributed by atoms with E-state index in [-0.39, 0.29) is 40.0 Å². The molecule has 0 fully saturated rings. The monoisotopic (exact) mass is 402 g/mol. The molecule has 0 amide bonds. The molecule has 0 unspecified atom stereocenters. The molecule has 0 aliphatic rings. The van der Waals surface area contributed by atoms with E-state index in [1.165, 1.54) is 0 Å². The molecular weight excluding hydrogens is 356 g/mol. The first-order valence-corrected chi connectivity index (χ1v) is 11.7. The Hall–Kier alpha value is 0.771. The first-order valence-electron chi connectivity index (χ1n) is 9.14. The van der Waals surface area contributed by atoms with Gasteiger partial charge in [-0.25, -0.2) is 0 Å². The van der Waals surface area contributed by atoms with Gasteiger partial charge in [-0.05, 0) is 59.7 Å². The summed E-state index contributed by atoms with van der Waals surface area (Å²) in [6.07, 6.45) is 2.97. The third-order valence-electron chi connectivity index (χ3n) is 2.15. The zero-order valence-corrected chi connectivity index (χ0v) is 20.3. The Morgan fingerprint density at radius 1 is 0.583 bits per heavy atom. The van der Waals surface area contributed by atoms with Crippen LogP contribution in [-0.4, -0.2) is 46.7 Å². The summed E-state index contributed by atoms with van der Waals surface area (Å²) in [5, 5.41) is 24.2. The second-order valence-electron chi connectivity index (χ2n) is 6.76. The van der Waals surface area contributed by atoms with E-state index >= 15 is 0 Å². The Balaban J connectivity index is -0.0000000772. The SMILES string of the molecule is CC(C)O.CC(C)O.CC(C)O.CCC[Si](O)(CCC)CCC.[Ti]. The normalized spacial score (nSPS) is 10.0. The van der Waals surface area contributed by atoms with Gasteiger partial charge in [0.2, 0.25) is 0 Å². The second-order valence-corrected chi connectivity index (χ2v) is 10.7. The average Bonchev–Trinajstić information content (AvgIpc) is 2.26. The van der Waals surface area contributed by atoms with E-state index in [1.54, 1.807) is 41.5 Å². The molecule has 0 aromatic rings. The Morgan fingerprint density at radius 3 is 0.792 bits per heavy atom. The number of hydrogen-bond acceptors (Lipinski definition) is 4. The summed E-state index contributed by atoms with van der Waals surface area (Å²) >= 11 is 0. The maximum atomic E-state index is 10.2. The fourth-order valence-corrected chi connectivity index (χ4v) is 5.31. The van der Waals surface area contributed by atoms with Gasteiger partial charge in [0.1, 0.15) is 0 Å². The molecule has 0 aromatic carbocycles. The van der Waals surface area contributed by atoms with Crippen LogP contribution in [0.25, 0.3) is 0 Å². The van der Waals surface area contributed by atoms with E-state index < -0.39 is 8.32 Å². The fraction of sp³-hybridized carbons (Fsp3) is 1.00. The Morgan fingerprint density at radius 2 is 0.708 bits per heavy atom. The maximum Gasteiger partial charge on any atom is 0.188 e. The van der Waals surface area contributed by atoms with Crippen molar-refractivity contribution >= 4 is 8.32 Å². The van der Waals surface area contributed by atoms with Crippen LogP contribution in [0.4, 0.5) is 0 Å². The Kier molecular flexibility index (Phi) is 38.8. The van der Waals surface area contributed by atoms with E-state index in [1.807, 2.05) is 0 Å². The molecule has 0 radical (unpaired) electrons. The van der Waals surface area contributed by atoms with Gasteiger partial charge < -0.3 is 20.1 Å². The molecule has 0 aromatic heterocycles. The van der Waals surface area contributed by atoms with E-state index in [0.717, 1.165) is 37.4 Å². The third kappa shape index (κ3) is 66.2. The van der Waals surface area contributed by atoms with Crippen molar-refractivity contribution in [3.63, 3.8) is 0 Å². The average molecular weight is 403 g/mol. The van der Waals surface area contributed by atoms with Crippen LogP contribution >= 0.6 is 0 Å². The summed E-state index contributed by atoms with van der Waals surface area (Å²) in [4.78, 5) is 10.2. The van der Waals surface area contributed by atoms with Crippen molar-refractivity contribution in [2.24, 2.45) is 0 Å². The van der Waals surface area contributed by atoms with Gasteiger partial charge in [0.05, 0.1) is 0 Å². The summed E-state index contributed by atoms with van der Waals surface area (Å²) in [6, 6.07) is 3.32. The first kappa shape index (κ1) is 35.8. The summed E-state index contributed by atoms with van der Waals surface area (Å²) in [5.41, 5.74) is 0. The zero-order chi connectivity index (χ0) is 19.5. The van der Waals surface area contributed by atoms with Gasteiger partial charge in [0.25, 0.3) is 0 Å². The van der Waals surface area contributed by atoms with Crippen molar-refractivity contribution < 1.29 is 41.8 Å². The van der Waals surface area contributed by atoms with Gasteiger partial charge >= 0.3 is 0 Å². The minimum Gasteiger partial charge on any atom is -0.432 e. The van der Waals surface area contributed by atoms with E-state index in [2.05, 4.69) is 20.8 Å². The number of hydrogen-bond donors (Lipinski definition) is 4. The third-order valence-corrected chi connectivity index (χ3v) is 6.44. The number of aliphatic hydroxyl groups excluding tert-OH is 3. The predicted molar refractivity (Wildman–Crippen MR) is 105 cm³/mol. The van der Waals surface area contributed by atoms with Crippen molar-refractivity contribution in [1.29, 1.82) is 0 Å². The van der Waals surface area contributed by atoms with Crippen molar-refractivity contribution in [2.75, 3.05) is 0 Å². The minimum absolute atomic E-state index is 0. The molecule has 0 saturated heterocycles. The fourth-order valence-electron chi connectivity index (χ4n) is 1.77. The van der Waals surface area contributed by atoms with Crippen molar-refractivity contribution in [3.8, 4) is 0 Å². The molecule has 6 heteroatoms. The molecule has 0 aliphatic heterocycles. The molecule has 0 rings (SSSR count). The van der Waals surface area contributed by atoms with Gasteiger partial charge in [0, 0.05) is 40.0 Å². The van der Waals surface area contributed by atoms with Crippen LogP contribution in [0.2, 0.25) is 18.1 Å². The Labute approximate surface area is 168 Å². The molecule has 4 N–H and O–H groups in total. The van der Waals surface area contributed by atoms with Crippen molar-refractivity contribution in [2.45, 2.75) is 118 Å². The van der Waals surface area contributed by atoms with Gasteiger partial charge in [-0.3, -0.25) is 0 Å². The molecule has 0 aliphatic carbocycles. The summed E-state index contributed by atoms with van der Waals surface area (Å²) < 4.78 is 0. The summed E-state index contributed by atoms with van der Waals surface area (Å²) in [5.74, 6) is 0. The van der Waals surface area contributed by atoms with Crippen LogP contribution in [0.1, 0.15) is 81.6 Å². The van der Waals surface area contributed by atoms with Crippen LogP contribution in [0.15, 0.2) is 0 Å². The molecule has 0 heterocycles. The molecule has 0 saturated carbocycles. The zero-order valence-electron chi connectivity index (χ0n) is 17.8. The topological polar surface area (TPSA) is 80.9 Å². The van der Waals surface area contributed by atoms with Crippen LogP contribution in [0.5, 0.6) is 0 Å². The molecule has 4 nitrogen and oxygen atoms in total.